The Kier molecular flexibility index (Phi) is 3.89. The van der Waals surface area contributed by atoms with E-state index < -0.39 is 11.5 Å². The first kappa shape index (κ1) is 14.0. The molecule has 1 fully saturated rings. The monoisotopic (exact) mass is 282 g/mol. The average Bonchev–Trinajstić information content (AvgIpc) is 2.96. The van der Waals surface area contributed by atoms with Crippen molar-refractivity contribution in [2.24, 2.45) is 0 Å². The number of likely N-dealkylation sites (tertiary alicyclic amines) is 1. The molecule has 2 rings (SSSR count). The number of rotatable bonds is 4. The molecule has 0 radical (unpaired) electrons. The van der Waals surface area contributed by atoms with Gasteiger partial charge in [-0.15, -0.1) is 11.3 Å². The van der Waals surface area contributed by atoms with Gasteiger partial charge in [-0.25, -0.2) is 9.78 Å². The zero-order valence-corrected chi connectivity index (χ0v) is 12.0. The standard InChI is InChI=1S/C13H18N2O3S/c1-3-10-14-9(8-19-10)7-11(16)15-6-4-5-13(15,2)12(17)18/h8H,3-7H2,1-2H3,(H,17,18). The van der Waals surface area contributed by atoms with E-state index in [9.17, 15) is 14.7 Å². The maximum Gasteiger partial charge on any atom is 0.329 e. The molecule has 0 bridgehead atoms. The van der Waals surface area contributed by atoms with Gasteiger partial charge in [0.2, 0.25) is 5.91 Å². The van der Waals surface area contributed by atoms with Gasteiger partial charge in [0, 0.05) is 11.9 Å². The van der Waals surface area contributed by atoms with E-state index in [0.717, 1.165) is 23.5 Å². The third-order valence-electron chi connectivity index (χ3n) is 3.64. The van der Waals surface area contributed by atoms with Crippen molar-refractivity contribution in [3.05, 3.63) is 16.1 Å². The molecular weight excluding hydrogens is 264 g/mol. The zero-order chi connectivity index (χ0) is 14.0. The number of amides is 1. The second-order valence-corrected chi connectivity index (χ2v) is 5.93. The number of hydrogen-bond donors (Lipinski definition) is 1. The number of aromatic nitrogens is 1. The number of carbonyl (C=O) groups excluding carboxylic acids is 1. The van der Waals surface area contributed by atoms with Crippen LogP contribution in [0.4, 0.5) is 0 Å². The van der Waals surface area contributed by atoms with Crippen LogP contribution in [0, 0.1) is 0 Å². The summed E-state index contributed by atoms with van der Waals surface area (Å²) in [6, 6.07) is 0. The molecule has 1 saturated heterocycles. The molecule has 1 N–H and O–H groups in total. The van der Waals surface area contributed by atoms with Crippen LogP contribution < -0.4 is 0 Å². The smallest absolute Gasteiger partial charge is 0.329 e. The Morgan fingerprint density at radius 2 is 2.32 bits per heavy atom. The van der Waals surface area contributed by atoms with Crippen molar-refractivity contribution in [2.75, 3.05) is 6.54 Å². The van der Waals surface area contributed by atoms with E-state index in [-0.39, 0.29) is 12.3 Å². The average molecular weight is 282 g/mol. The van der Waals surface area contributed by atoms with Crippen LogP contribution >= 0.6 is 11.3 Å². The third kappa shape index (κ3) is 2.63. The first-order valence-electron chi connectivity index (χ1n) is 6.44. The van der Waals surface area contributed by atoms with Crippen LogP contribution in [0.1, 0.15) is 37.4 Å². The summed E-state index contributed by atoms with van der Waals surface area (Å²) in [4.78, 5) is 29.4. The van der Waals surface area contributed by atoms with Crippen molar-refractivity contribution in [3.8, 4) is 0 Å². The summed E-state index contributed by atoms with van der Waals surface area (Å²) < 4.78 is 0. The minimum absolute atomic E-state index is 0.143. The first-order valence-corrected chi connectivity index (χ1v) is 7.32. The fraction of sp³-hybridized carbons (Fsp3) is 0.615. The van der Waals surface area contributed by atoms with Gasteiger partial charge in [0.15, 0.2) is 0 Å². The molecule has 6 heteroatoms. The Bertz CT molecular complexity index is 500. The molecule has 0 spiro atoms. The molecule has 1 amide bonds. The van der Waals surface area contributed by atoms with Gasteiger partial charge in [-0.1, -0.05) is 6.92 Å². The lowest BCUT2D eigenvalue weighted by Crippen LogP contribution is -2.51. The summed E-state index contributed by atoms with van der Waals surface area (Å²) in [6.45, 7) is 4.16. The SMILES string of the molecule is CCc1nc(CC(=O)N2CCCC2(C)C(=O)O)cs1. The van der Waals surface area contributed by atoms with Gasteiger partial charge in [-0.2, -0.15) is 0 Å². The number of carboxylic acids is 1. The van der Waals surface area contributed by atoms with Crippen LogP contribution in [0.3, 0.4) is 0 Å². The Balaban J connectivity index is 2.09. The van der Waals surface area contributed by atoms with Crippen LogP contribution in [0.5, 0.6) is 0 Å². The third-order valence-corrected chi connectivity index (χ3v) is 4.68. The molecule has 0 saturated carbocycles. The number of thiazole rings is 1. The molecule has 0 aromatic carbocycles. The van der Waals surface area contributed by atoms with Crippen molar-refractivity contribution in [2.45, 2.75) is 45.1 Å². The quantitative estimate of drug-likeness (QED) is 0.912. The highest BCUT2D eigenvalue weighted by Crippen LogP contribution is 2.30. The maximum atomic E-state index is 12.3. The largest absolute Gasteiger partial charge is 0.480 e. The normalized spacial score (nSPS) is 22.7. The number of hydrogen-bond acceptors (Lipinski definition) is 4. The van der Waals surface area contributed by atoms with Gasteiger partial charge in [0.1, 0.15) is 5.54 Å². The van der Waals surface area contributed by atoms with Crippen molar-refractivity contribution < 1.29 is 14.7 Å². The fourth-order valence-corrected chi connectivity index (χ4v) is 3.17. The van der Waals surface area contributed by atoms with Crippen molar-refractivity contribution in [1.82, 2.24) is 9.88 Å². The minimum Gasteiger partial charge on any atom is -0.480 e. The number of carbonyl (C=O) groups is 2. The molecule has 1 aromatic rings. The second-order valence-electron chi connectivity index (χ2n) is 4.99. The molecule has 1 aromatic heterocycles. The summed E-state index contributed by atoms with van der Waals surface area (Å²) in [5.41, 5.74) is -0.313. The van der Waals surface area contributed by atoms with Crippen LogP contribution in [-0.4, -0.2) is 39.0 Å². The van der Waals surface area contributed by atoms with Crippen molar-refractivity contribution in [1.29, 1.82) is 0 Å². The van der Waals surface area contributed by atoms with E-state index >= 15 is 0 Å². The summed E-state index contributed by atoms with van der Waals surface area (Å²) in [5.74, 6) is -1.07. The summed E-state index contributed by atoms with van der Waals surface area (Å²) in [6.07, 6.45) is 2.31. The molecule has 5 nitrogen and oxygen atoms in total. The highest BCUT2D eigenvalue weighted by molar-refractivity contribution is 7.09. The van der Waals surface area contributed by atoms with Gasteiger partial charge in [0.25, 0.3) is 0 Å². The lowest BCUT2D eigenvalue weighted by Gasteiger charge is -2.31. The van der Waals surface area contributed by atoms with Crippen LogP contribution in [0.2, 0.25) is 0 Å². The second kappa shape index (κ2) is 5.28. The summed E-state index contributed by atoms with van der Waals surface area (Å²) in [5, 5.41) is 12.2. The lowest BCUT2D eigenvalue weighted by atomic mass is 9.99. The molecule has 1 atom stereocenters. The van der Waals surface area contributed by atoms with E-state index in [1.165, 1.54) is 4.90 Å². The Hall–Kier alpha value is -1.43. The molecule has 1 aliphatic heterocycles. The molecule has 1 unspecified atom stereocenters. The van der Waals surface area contributed by atoms with Gasteiger partial charge < -0.3 is 10.0 Å². The van der Waals surface area contributed by atoms with E-state index in [1.54, 1.807) is 18.3 Å². The number of nitrogens with zero attached hydrogens (tertiary/aromatic N) is 2. The highest BCUT2D eigenvalue weighted by atomic mass is 32.1. The van der Waals surface area contributed by atoms with Gasteiger partial charge in [-0.3, -0.25) is 4.79 Å². The number of carboxylic acid groups (broad SMARTS) is 1. The highest BCUT2D eigenvalue weighted by Gasteiger charge is 2.45. The van der Waals surface area contributed by atoms with Crippen molar-refractivity contribution in [3.63, 3.8) is 0 Å². The Morgan fingerprint density at radius 1 is 1.58 bits per heavy atom. The predicted octanol–water partition coefficient (Wildman–Crippen LogP) is 1.71. The van der Waals surface area contributed by atoms with Crippen molar-refractivity contribution >= 4 is 23.2 Å². The van der Waals surface area contributed by atoms with Gasteiger partial charge in [-0.05, 0) is 26.2 Å². The van der Waals surface area contributed by atoms with E-state index in [2.05, 4.69) is 4.98 Å². The van der Waals surface area contributed by atoms with Crippen LogP contribution in [-0.2, 0) is 22.4 Å². The topological polar surface area (TPSA) is 70.5 Å². The van der Waals surface area contributed by atoms with E-state index in [0.29, 0.717) is 13.0 Å². The Labute approximate surface area is 116 Å². The van der Waals surface area contributed by atoms with E-state index in [1.807, 2.05) is 12.3 Å². The first-order chi connectivity index (χ1) is 8.97. The maximum absolute atomic E-state index is 12.3. The lowest BCUT2D eigenvalue weighted by molar-refractivity contribution is -0.155. The minimum atomic E-state index is -1.05. The van der Waals surface area contributed by atoms with Crippen LogP contribution in [0.25, 0.3) is 0 Å². The molecule has 104 valence electrons. The van der Waals surface area contributed by atoms with E-state index in [4.69, 9.17) is 0 Å². The van der Waals surface area contributed by atoms with Crippen LogP contribution in [0.15, 0.2) is 5.38 Å². The number of aliphatic carboxylic acids is 1. The van der Waals surface area contributed by atoms with Gasteiger partial charge >= 0.3 is 5.97 Å². The molecular formula is C13H18N2O3S. The number of aryl methyl sites for hydroxylation is 1. The fourth-order valence-electron chi connectivity index (χ4n) is 2.43. The molecule has 1 aliphatic rings. The summed E-state index contributed by atoms with van der Waals surface area (Å²) >= 11 is 1.54. The molecule has 19 heavy (non-hydrogen) atoms. The molecule has 2 heterocycles. The summed E-state index contributed by atoms with van der Waals surface area (Å²) in [7, 11) is 0. The zero-order valence-electron chi connectivity index (χ0n) is 11.2. The van der Waals surface area contributed by atoms with Gasteiger partial charge in [0.05, 0.1) is 17.1 Å². The Morgan fingerprint density at radius 3 is 2.89 bits per heavy atom. The predicted molar refractivity (Wildman–Crippen MR) is 72.2 cm³/mol. The molecule has 0 aliphatic carbocycles.